The monoisotopic (exact) mass is 823 g/mol. The minimum Gasteiger partial charge on any atom is -0.496 e. The van der Waals surface area contributed by atoms with Gasteiger partial charge >= 0.3 is 6.03 Å². The van der Waals surface area contributed by atoms with Crippen molar-refractivity contribution in [2.24, 2.45) is 0 Å². The summed E-state index contributed by atoms with van der Waals surface area (Å²) in [7, 11) is -0.644. The Kier molecular flexibility index (Phi) is 13.8. The summed E-state index contributed by atoms with van der Waals surface area (Å²) in [5, 5.41) is 7.29. The van der Waals surface area contributed by atoms with E-state index in [9.17, 15) is 18.0 Å². The highest BCUT2D eigenvalue weighted by molar-refractivity contribution is 7.92. The zero-order valence-electron chi connectivity index (χ0n) is 34.5. The third-order valence-electron chi connectivity index (χ3n) is 10.0. The van der Waals surface area contributed by atoms with Gasteiger partial charge in [-0.1, -0.05) is 51.1 Å². The number of nitrogens with zero attached hydrogens (tertiary/aromatic N) is 2. The van der Waals surface area contributed by atoms with Gasteiger partial charge in [-0.25, -0.2) is 13.2 Å². The maximum atomic E-state index is 13.5. The number of hydrogen-bond acceptors (Lipinski definition) is 10. The van der Waals surface area contributed by atoms with Crippen molar-refractivity contribution in [3.63, 3.8) is 0 Å². The number of pyridine rings is 1. The van der Waals surface area contributed by atoms with Gasteiger partial charge in [0.15, 0.2) is 11.5 Å². The summed E-state index contributed by atoms with van der Waals surface area (Å²) in [6.07, 6.45) is 5.49. The van der Waals surface area contributed by atoms with Crippen LogP contribution >= 0.6 is 0 Å². The molecule has 14 heteroatoms. The summed E-state index contributed by atoms with van der Waals surface area (Å²) < 4.78 is 49.9. The Morgan fingerprint density at radius 2 is 1.56 bits per heavy atom. The average molecular weight is 824 g/mol. The van der Waals surface area contributed by atoms with E-state index in [4.69, 9.17) is 18.9 Å². The van der Waals surface area contributed by atoms with Gasteiger partial charge in [0.2, 0.25) is 10.0 Å². The van der Waals surface area contributed by atoms with Crippen LogP contribution in [-0.2, 0) is 26.6 Å². The second kappa shape index (κ2) is 18.9. The van der Waals surface area contributed by atoms with Crippen molar-refractivity contribution in [3.8, 4) is 23.0 Å². The third-order valence-corrected chi connectivity index (χ3v) is 10.6. The van der Waals surface area contributed by atoms with E-state index < -0.39 is 16.1 Å². The number of ether oxygens (including phenoxy) is 4. The van der Waals surface area contributed by atoms with Gasteiger partial charge in [0.05, 0.1) is 56.3 Å². The number of fused-ring (bicyclic) bond motifs is 1. The molecule has 1 aliphatic rings. The van der Waals surface area contributed by atoms with E-state index >= 15 is 0 Å². The number of amides is 2. The lowest BCUT2D eigenvalue weighted by Crippen LogP contribution is -2.36. The number of Topliss-reactive ketones (excluding diaryl/α,β-unsaturated/α-hetero) is 1. The number of hydrogen-bond donors (Lipinski definition) is 3. The van der Waals surface area contributed by atoms with Crippen LogP contribution in [0.25, 0.3) is 10.8 Å². The Morgan fingerprint density at radius 1 is 0.831 bits per heavy atom. The number of ketones is 1. The summed E-state index contributed by atoms with van der Waals surface area (Å²) in [5.41, 5.74) is 3.78. The predicted molar refractivity (Wildman–Crippen MR) is 232 cm³/mol. The van der Waals surface area contributed by atoms with Crippen LogP contribution < -0.4 is 29.6 Å². The number of carbonyl (C=O) groups excluding carboxylic acids is 2. The molecule has 1 saturated heterocycles. The van der Waals surface area contributed by atoms with Crippen LogP contribution in [-0.4, -0.2) is 83.4 Å². The molecule has 0 radical (unpaired) electrons. The van der Waals surface area contributed by atoms with Gasteiger partial charge in [-0.15, -0.1) is 0 Å². The van der Waals surface area contributed by atoms with Crippen LogP contribution in [0.5, 0.6) is 23.0 Å². The van der Waals surface area contributed by atoms with E-state index in [2.05, 4.69) is 25.2 Å². The van der Waals surface area contributed by atoms with Crippen LogP contribution in [0.4, 0.5) is 21.9 Å². The predicted octanol–water partition coefficient (Wildman–Crippen LogP) is 8.63. The Morgan fingerprint density at radius 3 is 2.27 bits per heavy atom. The molecular formula is C45H53N5O8S. The Bertz CT molecular complexity index is 2410. The normalized spacial score (nSPS) is 13.5. The van der Waals surface area contributed by atoms with Gasteiger partial charge in [0.1, 0.15) is 17.2 Å². The van der Waals surface area contributed by atoms with Crippen LogP contribution in [0.2, 0.25) is 0 Å². The maximum Gasteiger partial charge on any atom is 0.323 e. The van der Waals surface area contributed by atoms with E-state index in [1.165, 1.54) is 7.11 Å². The number of morpholine rings is 1. The topological polar surface area (TPSA) is 157 Å². The molecule has 1 fully saturated rings. The molecule has 13 nitrogen and oxygen atoms in total. The summed E-state index contributed by atoms with van der Waals surface area (Å²) in [6.45, 7) is 10.4. The second-order valence-electron chi connectivity index (χ2n) is 15.6. The molecule has 0 spiro atoms. The first-order valence-corrected chi connectivity index (χ1v) is 21.5. The van der Waals surface area contributed by atoms with Crippen molar-refractivity contribution in [1.29, 1.82) is 0 Å². The maximum absolute atomic E-state index is 13.5. The minimum atomic E-state index is -3.64. The van der Waals surface area contributed by atoms with Crippen molar-refractivity contribution in [3.05, 3.63) is 107 Å². The molecule has 0 saturated carbocycles. The summed E-state index contributed by atoms with van der Waals surface area (Å²) in [6, 6.07) is 23.4. The highest BCUT2D eigenvalue weighted by Gasteiger charge is 2.23. The van der Waals surface area contributed by atoms with E-state index in [1.807, 2.05) is 69.3 Å². The van der Waals surface area contributed by atoms with E-state index in [1.54, 1.807) is 43.6 Å². The Labute approximate surface area is 346 Å². The Hall–Kier alpha value is -5.70. The molecule has 5 aromatic rings. The number of rotatable bonds is 16. The fourth-order valence-electron chi connectivity index (χ4n) is 7.00. The number of benzene rings is 4. The number of sulfonamides is 1. The molecule has 0 aliphatic carbocycles. The second-order valence-corrected chi connectivity index (χ2v) is 17.3. The number of aromatic nitrogens is 1. The summed E-state index contributed by atoms with van der Waals surface area (Å²) >= 11 is 0. The first-order valence-electron chi connectivity index (χ1n) is 19.6. The molecule has 0 bridgehead atoms. The molecule has 1 aromatic heterocycles. The molecular weight excluding hydrogens is 771 g/mol. The molecule has 1 aliphatic heterocycles. The smallest absolute Gasteiger partial charge is 0.323 e. The average Bonchev–Trinajstić information content (AvgIpc) is 3.20. The standard InChI is InChI=1S/C45H53N5O8S/c1-45(2,3)31-27-38(43(56-5)39(28-31)49-59(6,53)54)48-44(52)47-37-16-17-41(35-12-8-7-11-34(35)37)58-33-18-19-46-32(29-33)25-30-14-15-36(42(26-30)55-4)40(51)13-9-10-20-50-21-23-57-24-22-50/h7-8,11-12,14-19,26-29,49H,9-10,13,20-25H2,1-6H3,(H2,47,48,52). The summed E-state index contributed by atoms with van der Waals surface area (Å²) in [5.74, 6) is 1.96. The molecule has 0 atom stereocenters. The van der Waals surface area contributed by atoms with Crippen LogP contribution in [0.3, 0.4) is 0 Å². The quantitative estimate of drug-likeness (QED) is 0.0650. The number of nitrogens with one attached hydrogen (secondary N) is 3. The SMILES string of the molecule is COc1cc(Cc2cc(Oc3ccc(NC(=O)Nc4cc(C(C)(C)C)cc(NS(C)(=O)=O)c4OC)c4ccccc34)ccn2)ccc1C(=O)CCCCN1CCOCC1. The van der Waals surface area contributed by atoms with Crippen molar-refractivity contribution in [2.45, 2.75) is 51.9 Å². The van der Waals surface area contributed by atoms with Gasteiger partial charge < -0.3 is 29.6 Å². The molecule has 59 heavy (non-hydrogen) atoms. The van der Waals surface area contributed by atoms with Crippen molar-refractivity contribution in [1.82, 2.24) is 9.88 Å². The highest BCUT2D eigenvalue weighted by atomic mass is 32.2. The van der Waals surface area contributed by atoms with Crippen LogP contribution in [0, 0.1) is 0 Å². The van der Waals surface area contributed by atoms with Gasteiger partial charge in [-0.3, -0.25) is 19.4 Å². The lowest BCUT2D eigenvalue weighted by Gasteiger charge is -2.26. The van der Waals surface area contributed by atoms with Gasteiger partial charge in [-0.2, -0.15) is 0 Å². The number of unbranched alkanes of at least 4 members (excludes halogenated alkanes) is 1. The van der Waals surface area contributed by atoms with E-state index in [-0.39, 0.29) is 22.6 Å². The molecule has 312 valence electrons. The lowest BCUT2D eigenvalue weighted by molar-refractivity contribution is 0.0371. The van der Waals surface area contributed by atoms with Gasteiger partial charge in [0, 0.05) is 54.7 Å². The Balaban J connectivity index is 1.13. The minimum absolute atomic E-state index is 0.0714. The van der Waals surface area contributed by atoms with Gasteiger partial charge in [0.25, 0.3) is 0 Å². The van der Waals surface area contributed by atoms with Gasteiger partial charge in [-0.05, 0) is 78.4 Å². The molecule has 6 rings (SSSR count). The van der Waals surface area contributed by atoms with Crippen LogP contribution in [0.1, 0.15) is 67.2 Å². The lowest BCUT2D eigenvalue weighted by atomic mass is 9.86. The largest absolute Gasteiger partial charge is 0.496 e. The zero-order valence-corrected chi connectivity index (χ0v) is 35.3. The highest BCUT2D eigenvalue weighted by Crippen LogP contribution is 2.40. The number of urea groups is 1. The van der Waals surface area contributed by atoms with Crippen molar-refractivity contribution >= 4 is 49.7 Å². The number of methoxy groups -OCH3 is 2. The number of anilines is 3. The molecule has 0 unspecified atom stereocenters. The van der Waals surface area contributed by atoms with Crippen molar-refractivity contribution < 1.29 is 37.0 Å². The summed E-state index contributed by atoms with van der Waals surface area (Å²) in [4.78, 5) is 33.6. The third kappa shape index (κ3) is 11.5. The van der Waals surface area contributed by atoms with Crippen molar-refractivity contribution in [2.75, 3.05) is 68.7 Å². The van der Waals surface area contributed by atoms with Crippen LogP contribution in [0.15, 0.2) is 85.1 Å². The molecule has 2 amide bonds. The van der Waals surface area contributed by atoms with E-state index in [0.29, 0.717) is 47.0 Å². The number of carbonyl (C=O) groups is 2. The first-order chi connectivity index (χ1) is 28.2. The van der Waals surface area contributed by atoms with E-state index in [0.717, 1.165) is 79.5 Å². The molecule has 3 N–H and O–H groups in total. The zero-order chi connectivity index (χ0) is 42.2. The fourth-order valence-corrected chi connectivity index (χ4v) is 7.56. The fraction of sp³-hybridized carbons (Fsp3) is 0.356. The first kappa shape index (κ1) is 42.9. The molecule has 4 aromatic carbocycles. The molecule has 2 heterocycles.